The first-order chi connectivity index (χ1) is 13.0. The maximum absolute atomic E-state index is 12.7. The number of ether oxygens (including phenoxy) is 1. The Hall–Kier alpha value is -1.42. The van der Waals surface area contributed by atoms with Crippen LogP contribution in [0.3, 0.4) is 0 Å². The van der Waals surface area contributed by atoms with Crippen LogP contribution >= 0.6 is 11.8 Å². The highest BCUT2D eigenvalue weighted by Crippen LogP contribution is 2.22. The van der Waals surface area contributed by atoms with Crippen molar-refractivity contribution in [3.8, 4) is 0 Å². The quantitative estimate of drug-likeness (QED) is 0.778. The molecule has 0 bridgehead atoms. The van der Waals surface area contributed by atoms with Crippen molar-refractivity contribution in [2.24, 2.45) is 10.1 Å². The first kappa shape index (κ1) is 20.3. The molecule has 2 heterocycles. The summed E-state index contributed by atoms with van der Waals surface area (Å²) in [6, 6.07) is 7.08. The first-order valence-corrected chi connectivity index (χ1v) is 11.6. The number of benzene rings is 1. The Morgan fingerprint density at radius 1 is 1.26 bits per heavy atom. The van der Waals surface area contributed by atoms with Gasteiger partial charge in [0, 0.05) is 26.0 Å². The number of hydrogen-bond donors (Lipinski definition) is 1. The average Bonchev–Trinajstić information content (AvgIpc) is 2.69. The van der Waals surface area contributed by atoms with Crippen LogP contribution in [0.15, 0.2) is 39.3 Å². The second kappa shape index (κ2) is 9.18. The zero-order valence-electron chi connectivity index (χ0n) is 15.7. The molecule has 148 valence electrons. The third-order valence-corrected chi connectivity index (χ3v) is 7.32. The highest BCUT2D eigenvalue weighted by Gasteiger charge is 2.26. The van der Waals surface area contributed by atoms with Gasteiger partial charge >= 0.3 is 0 Å². The molecule has 1 N–H and O–H groups in total. The summed E-state index contributed by atoms with van der Waals surface area (Å²) in [5.74, 6) is 0.684. The van der Waals surface area contributed by atoms with Crippen LogP contribution in [-0.2, 0) is 14.8 Å². The minimum Gasteiger partial charge on any atom is -0.382 e. The molecule has 1 aromatic rings. The lowest BCUT2D eigenvalue weighted by molar-refractivity contribution is 0.186. The second-order valence-corrected chi connectivity index (χ2v) is 9.59. The fraction of sp³-hybridized carbons (Fsp3) is 0.556. The first-order valence-electron chi connectivity index (χ1n) is 9.13. The van der Waals surface area contributed by atoms with Crippen LogP contribution in [0.5, 0.6) is 0 Å². The van der Waals surface area contributed by atoms with Crippen LogP contribution in [-0.4, -0.2) is 62.2 Å². The van der Waals surface area contributed by atoms with E-state index < -0.39 is 10.0 Å². The minimum absolute atomic E-state index is 0.0704. The summed E-state index contributed by atoms with van der Waals surface area (Å²) >= 11 is 1.58. The van der Waals surface area contributed by atoms with Crippen LogP contribution in [0.25, 0.3) is 0 Å². The summed E-state index contributed by atoms with van der Waals surface area (Å²) < 4.78 is 32.1. The Morgan fingerprint density at radius 2 is 1.96 bits per heavy atom. The predicted molar refractivity (Wildman–Crippen MR) is 110 cm³/mol. The van der Waals surface area contributed by atoms with Crippen molar-refractivity contribution < 1.29 is 13.2 Å². The van der Waals surface area contributed by atoms with Gasteiger partial charge in [-0.3, -0.25) is 10.4 Å². The van der Waals surface area contributed by atoms with Crippen molar-refractivity contribution in [1.29, 1.82) is 0 Å². The summed E-state index contributed by atoms with van der Waals surface area (Å²) in [5, 5.41) is 5.16. The van der Waals surface area contributed by atoms with E-state index in [0.29, 0.717) is 30.3 Å². The van der Waals surface area contributed by atoms with Crippen LogP contribution in [0, 0.1) is 0 Å². The summed E-state index contributed by atoms with van der Waals surface area (Å²) in [7, 11) is -1.74. The summed E-state index contributed by atoms with van der Waals surface area (Å²) in [4.78, 5) is 4.85. The molecule has 0 spiro atoms. The van der Waals surface area contributed by atoms with Gasteiger partial charge in [-0.15, -0.1) is 0 Å². The molecule has 7 nitrogen and oxygen atoms in total. The fourth-order valence-electron chi connectivity index (χ4n) is 3.08. The minimum atomic E-state index is -3.40. The molecule has 3 rings (SSSR count). The number of amidine groups is 1. The largest absolute Gasteiger partial charge is 0.382 e. The lowest BCUT2D eigenvalue weighted by Gasteiger charge is -2.26. The van der Waals surface area contributed by atoms with E-state index in [-0.39, 0.29) is 6.04 Å². The molecule has 1 atom stereocenters. The third kappa shape index (κ3) is 5.10. The maximum atomic E-state index is 12.7. The molecule has 9 heteroatoms. The second-order valence-electron chi connectivity index (χ2n) is 6.69. The molecule has 27 heavy (non-hydrogen) atoms. The van der Waals surface area contributed by atoms with Crippen LogP contribution in [0.2, 0.25) is 0 Å². The zero-order valence-corrected chi connectivity index (χ0v) is 17.4. The lowest BCUT2D eigenvalue weighted by Crippen LogP contribution is -2.35. The molecule has 0 radical (unpaired) electrons. The van der Waals surface area contributed by atoms with Gasteiger partial charge in [0.25, 0.3) is 0 Å². The molecule has 0 aromatic heterocycles. The Kier molecular flexibility index (Phi) is 6.91. The molecule has 0 unspecified atom stereocenters. The molecule has 1 aromatic carbocycles. The maximum Gasteiger partial charge on any atom is 0.243 e. The zero-order chi connectivity index (χ0) is 19.3. The molecular weight excluding hydrogens is 384 g/mol. The number of nitrogens with zero attached hydrogens (tertiary/aromatic N) is 3. The number of hydrazone groups is 1. The van der Waals surface area contributed by atoms with Gasteiger partial charge in [0.05, 0.1) is 23.3 Å². The van der Waals surface area contributed by atoms with Gasteiger partial charge < -0.3 is 4.74 Å². The van der Waals surface area contributed by atoms with Crippen molar-refractivity contribution in [3.05, 3.63) is 29.8 Å². The number of aliphatic imine (C=N–C) groups is 1. The monoisotopic (exact) mass is 410 g/mol. The fourth-order valence-corrected chi connectivity index (χ4v) is 5.47. The molecule has 2 aliphatic rings. The highest BCUT2D eigenvalue weighted by molar-refractivity contribution is 8.14. The summed E-state index contributed by atoms with van der Waals surface area (Å²) in [5.41, 5.74) is 4.76. The van der Waals surface area contributed by atoms with E-state index in [9.17, 15) is 8.42 Å². The number of thioether (sulfide) groups is 1. The number of nitrogens with one attached hydrogen (secondary N) is 1. The molecule has 1 fully saturated rings. The van der Waals surface area contributed by atoms with Gasteiger partial charge in [0.15, 0.2) is 5.17 Å². The molecule has 0 amide bonds. The van der Waals surface area contributed by atoms with Crippen molar-refractivity contribution in [2.75, 3.05) is 32.6 Å². The predicted octanol–water partition coefficient (Wildman–Crippen LogP) is 2.29. The summed E-state index contributed by atoms with van der Waals surface area (Å²) in [6.45, 7) is 3.77. The smallest absolute Gasteiger partial charge is 0.243 e. The lowest BCUT2D eigenvalue weighted by atomic mass is 10.1. The topological polar surface area (TPSA) is 83.4 Å². The Balaban J connectivity index is 1.68. The number of sulfonamides is 1. The van der Waals surface area contributed by atoms with E-state index in [1.165, 1.54) is 0 Å². The Bertz CT molecular complexity index is 800. The summed E-state index contributed by atoms with van der Waals surface area (Å²) in [6.07, 6.45) is 2.97. The van der Waals surface area contributed by atoms with E-state index in [2.05, 4.69) is 15.5 Å². The SMILES string of the molecule is COC[C@@H](C)N=C1NN=C(c2ccc(S(=O)(=O)N3CCCCC3)cc2)CS1. The van der Waals surface area contributed by atoms with Crippen LogP contribution in [0.4, 0.5) is 0 Å². The van der Waals surface area contributed by atoms with E-state index in [4.69, 9.17) is 4.74 Å². The molecule has 0 saturated carbocycles. The third-order valence-electron chi connectivity index (χ3n) is 4.52. The van der Waals surface area contributed by atoms with Crippen molar-refractivity contribution in [2.45, 2.75) is 37.1 Å². The Morgan fingerprint density at radius 3 is 2.56 bits per heavy atom. The number of methoxy groups -OCH3 is 1. The molecule has 2 aliphatic heterocycles. The number of piperidine rings is 1. The number of hydrogen-bond acceptors (Lipinski definition) is 6. The van der Waals surface area contributed by atoms with Gasteiger partial charge in [-0.2, -0.15) is 9.41 Å². The van der Waals surface area contributed by atoms with E-state index in [0.717, 1.165) is 35.7 Å². The van der Waals surface area contributed by atoms with Gasteiger partial charge in [-0.1, -0.05) is 30.3 Å². The van der Waals surface area contributed by atoms with E-state index in [1.807, 2.05) is 19.1 Å². The van der Waals surface area contributed by atoms with Crippen molar-refractivity contribution in [3.63, 3.8) is 0 Å². The van der Waals surface area contributed by atoms with Gasteiger partial charge in [0.2, 0.25) is 10.0 Å². The normalized spacial score (nSPS) is 21.6. The van der Waals surface area contributed by atoms with E-state index >= 15 is 0 Å². The van der Waals surface area contributed by atoms with Crippen molar-refractivity contribution in [1.82, 2.24) is 9.73 Å². The Labute approximate surface area is 165 Å². The van der Waals surface area contributed by atoms with Crippen molar-refractivity contribution >= 4 is 32.7 Å². The standard InChI is InChI=1S/C18H26N4O3S2/c1-14(12-25-2)19-18-21-20-17(13-26-18)15-6-8-16(9-7-15)27(23,24)22-10-4-3-5-11-22/h6-9,14H,3-5,10-13H2,1-2H3,(H,19,21)/t14-/m1/s1. The van der Waals surface area contributed by atoms with Crippen LogP contribution in [0.1, 0.15) is 31.7 Å². The van der Waals surface area contributed by atoms with E-state index in [1.54, 1.807) is 35.3 Å². The molecule has 1 saturated heterocycles. The molecular formula is C18H26N4O3S2. The van der Waals surface area contributed by atoms with Gasteiger partial charge in [0.1, 0.15) is 0 Å². The average molecular weight is 411 g/mol. The van der Waals surface area contributed by atoms with Gasteiger partial charge in [-0.05, 0) is 37.5 Å². The van der Waals surface area contributed by atoms with Crippen LogP contribution < -0.4 is 5.43 Å². The number of rotatable bonds is 6. The van der Waals surface area contributed by atoms with Gasteiger partial charge in [-0.25, -0.2) is 8.42 Å². The highest BCUT2D eigenvalue weighted by atomic mass is 32.2. The molecule has 0 aliphatic carbocycles.